The van der Waals surface area contributed by atoms with Gasteiger partial charge in [0.25, 0.3) is 0 Å². The lowest BCUT2D eigenvalue weighted by Gasteiger charge is -2.41. The molecule has 2 fully saturated rings. The van der Waals surface area contributed by atoms with Crippen molar-refractivity contribution in [2.75, 3.05) is 5.75 Å². The zero-order valence-corrected chi connectivity index (χ0v) is 19.2. The number of thioether (sulfide) groups is 1. The minimum atomic E-state index is 0.276. The van der Waals surface area contributed by atoms with Gasteiger partial charge in [0, 0.05) is 24.2 Å². The van der Waals surface area contributed by atoms with E-state index in [1.165, 1.54) is 50.3 Å². The molecule has 0 aliphatic heterocycles. The molecule has 1 aromatic heterocycles. The van der Waals surface area contributed by atoms with Crippen LogP contribution in [-0.2, 0) is 11.3 Å². The Labute approximate surface area is 190 Å². The Kier molecular flexibility index (Phi) is 7.84. The normalized spacial score (nSPS) is 18.1. The number of amides is 1. The van der Waals surface area contributed by atoms with Crippen LogP contribution in [0.5, 0.6) is 0 Å². The minimum absolute atomic E-state index is 0.276. The Morgan fingerprint density at radius 1 is 1.00 bits per heavy atom. The predicted molar refractivity (Wildman–Crippen MR) is 127 cm³/mol. The topological polar surface area (TPSA) is 51.0 Å². The third-order valence-electron chi connectivity index (χ3n) is 6.61. The van der Waals surface area contributed by atoms with E-state index in [4.69, 9.17) is 0 Å². The molecule has 2 aliphatic rings. The highest BCUT2D eigenvalue weighted by Gasteiger charge is 2.32. The van der Waals surface area contributed by atoms with Gasteiger partial charge in [-0.1, -0.05) is 86.7 Å². The van der Waals surface area contributed by atoms with Crippen LogP contribution >= 0.6 is 11.8 Å². The van der Waals surface area contributed by atoms with Gasteiger partial charge in [0.2, 0.25) is 5.91 Å². The van der Waals surface area contributed by atoms with Gasteiger partial charge in [-0.15, -0.1) is 16.8 Å². The van der Waals surface area contributed by atoms with E-state index < -0.39 is 0 Å². The molecule has 0 unspecified atom stereocenters. The highest BCUT2D eigenvalue weighted by Crippen LogP contribution is 2.32. The van der Waals surface area contributed by atoms with Gasteiger partial charge >= 0.3 is 0 Å². The number of nitrogens with zero attached hydrogens (tertiary/aromatic N) is 4. The average molecular weight is 439 g/mol. The van der Waals surface area contributed by atoms with Crippen LogP contribution in [0.3, 0.4) is 0 Å². The second-order valence-electron chi connectivity index (χ2n) is 8.74. The summed E-state index contributed by atoms with van der Waals surface area (Å²) in [6, 6.07) is 10.9. The van der Waals surface area contributed by atoms with Gasteiger partial charge in [-0.2, -0.15) is 0 Å². The summed E-state index contributed by atoms with van der Waals surface area (Å²) in [5.41, 5.74) is 1.03. The second-order valence-corrected chi connectivity index (χ2v) is 9.69. The fourth-order valence-electron chi connectivity index (χ4n) is 5.11. The molecule has 2 saturated carbocycles. The molecule has 1 aromatic carbocycles. The van der Waals surface area contributed by atoms with Crippen molar-refractivity contribution >= 4 is 17.7 Å². The Balaban J connectivity index is 1.49. The van der Waals surface area contributed by atoms with E-state index in [-0.39, 0.29) is 5.91 Å². The van der Waals surface area contributed by atoms with E-state index >= 15 is 0 Å². The van der Waals surface area contributed by atoms with E-state index in [1.54, 1.807) is 0 Å². The maximum Gasteiger partial charge on any atom is 0.233 e. The molecule has 0 bridgehead atoms. The maximum atomic E-state index is 13.5. The Morgan fingerprint density at radius 3 is 2.19 bits per heavy atom. The van der Waals surface area contributed by atoms with E-state index in [2.05, 4.69) is 26.2 Å². The molecule has 31 heavy (non-hydrogen) atoms. The summed E-state index contributed by atoms with van der Waals surface area (Å²) in [6.07, 6.45) is 14.1. The zero-order chi connectivity index (χ0) is 21.5. The number of allylic oxidation sites excluding steroid dienone is 1. The van der Waals surface area contributed by atoms with Crippen molar-refractivity contribution in [2.45, 2.75) is 88.0 Å². The van der Waals surface area contributed by atoms with Crippen LogP contribution in [0.4, 0.5) is 0 Å². The van der Waals surface area contributed by atoms with Crippen LogP contribution in [0.2, 0.25) is 0 Å². The van der Waals surface area contributed by atoms with Crippen LogP contribution in [0.25, 0.3) is 11.4 Å². The lowest BCUT2D eigenvalue weighted by molar-refractivity contribution is -0.135. The smallest absolute Gasteiger partial charge is 0.233 e. The molecule has 6 heteroatoms. The molecular formula is C25H34N4OS. The van der Waals surface area contributed by atoms with Gasteiger partial charge in [-0.25, -0.2) is 0 Å². The van der Waals surface area contributed by atoms with Crippen molar-refractivity contribution in [1.29, 1.82) is 0 Å². The molecule has 2 aliphatic carbocycles. The van der Waals surface area contributed by atoms with Gasteiger partial charge in [-0.05, 0) is 25.7 Å². The van der Waals surface area contributed by atoms with Crippen LogP contribution in [-0.4, -0.2) is 43.4 Å². The second kappa shape index (κ2) is 11.0. The highest BCUT2D eigenvalue weighted by molar-refractivity contribution is 7.99. The first-order chi connectivity index (χ1) is 15.3. The molecule has 0 atom stereocenters. The summed E-state index contributed by atoms with van der Waals surface area (Å²) in [5.74, 6) is 1.53. The molecule has 0 spiro atoms. The van der Waals surface area contributed by atoms with Crippen molar-refractivity contribution < 1.29 is 4.79 Å². The summed E-state index contributed by atoms with van der Waals surface area (Å²) in [4.78, 5) is 15.8. The van der Waals surface area contributed by atoms with Crippen LogP contribution < -0.4 is 0 Å². The Morgan fingerprint density at radius 2 is 1.61 bits per heavy atom. The first-order valence-corrected chi connectivity index (χ1v) is 12.8. The highest BCUT2D eigenvalue weighted by atomic mass is 32.2. The van der Waals surface area contributed by atoms with Gasteiger partial charge in [0.15, 0.2) is 11.0 Å². The van der Waals surface area contributed by atoms with Gasteiger partial charge in [0.1, 0.15) is 0 Å². The molecule has 4 rings (SSSR count). The van der Waals surface area contributed by atoms with Gasteiger partial charge < -0.3 is 4.90 Å². The van der Waals surface area contributed by atoms with Crippen molar-refractivity contribution in [3.8, 4) is 11.4 Å². The van der Waals surface area contributed by atoms with Crippen molar-refractivity contribution in [3.63, 3.8) is 0 Å². The third-order valence-corrected chi connectivity index (χ3v) is 7.56. The molecule has 5 nitrogen and oxygen atoms in total. The van der Waals surface area contributed by atoms with E-state index in [1.807, 2.05) is 36.4 Å². The summed E-state index contributed by atoms with van der Waals surface area (Å²) < 4.78 is 2.06. The summed E-state index contributed by atoms with van der Waals surface area (Å²) in [5, 5.41) is 9.64. The molecule has 1 heterocycles. The first kappa shape index (κ1) is 22.1. The number of rotatable bonds is 8. The van der Waals surface area contributed by atoms with Crippen molar-refractivity contribution in [1.82, 2.24) is 19.7 Å². The van der Waals surface area contributed by atoms with E-state index in [0.717, 1.165) is 42.2 Å². The molecule has 0 radical (unpaired) electrons. The minimum Gasteiger partial charge on any atom is -0.336 e. The number of carbonyl (C=O) groups excluding carboxylic acids is 1. The summed E-state index contributed by atoms with van der Waals surface area (Å²) in [7, 11) is 0. The molecule has 2 aromatic rings. The van der Waals surface area contributed by atoms with Gasteiger partial charge in [-0.3, -0.25) is 9.36 Å². The SMILES string of the molecule is C=CCn1c(SCC(=O)N(C2CCCCC2)C2CCCCC2)nnc1-c1ccccc1. The number of hydrogen-bond acceptors (Lipinski definition) is 4. The number of hydrogen-bond donors (Lipinski definition) is 0. The molecular weight excluding hydrogens is 404 g/mol. The predicted octanol–water partition coefficient (Wildman–Crippen LogP) is 5.72. The average Bonchev–Trinajstić information content (AvgIpc) is 3.23. The Hall–Kier alpha value is -2.08. The maximum absolute atomic E-state index is 13.5. The van der Waals surface area contributed by atoms with Crippen LogP contribution in [0.1, 0.15) is 64.2 Å². The van der Waals surface area contributed by atoms with Crippen LogP contribution in [0, 0.1) is 0 Å². The van der Waals surface area contributed by atoms with E-state index in [9.17, 15) is 4.79 Å². The van der Waals surface area contributed by atoms with Crippen molar-refractivity contribution in [3.05, 3.63) is 43.0 Å². The monoisotopic (exact) mass is 438 g/mol. The largest absolute Gasteiger partial charge is 0.336 e. The zero-order valence-electron chi connectivity index (χ0n) is 18.4. The fourth-order valence-corrected chi connectivity index (χ4v) is 5.93. The fraction of sp³-hybridized carbons (Fsp3) is 0.560. The number of carbonyl (C=O) groups is 1. The lowest BCUT2D eigenvalue weighted by Crippen LogP contribution is -2.49. The molecule has 1 amide bonds. The summed E-state index contributed by atoms with van der Waals surface area (Å²) in [6.45, 7) is 4.52. The van der Waals surface area contributed by atoms with Crippen LogP contribution in [0.15, 0.2) is 48.1 Å². The van der Waals surface area contributed by atoms with Crippen molar-refractivity contribution in [2.24, 2.45) is 0 Å². The Bertz CT molecular complexity index is 836. The lowest BCUT2D eigenvalue weighted by atomic mass is 9.88. The molecule has 166 valence electrons. The molecule has 0 N–H and O–H groups in total. The standard InChI is InChI=1S/C25H34N4OS/c1-2-18-28-24(20-12-6-3-7-13-20)26-27-25(28)31-19-23(30)29(21-14-8-4-9-15-21)22-16-10-5-11-17-22/h2-3,6-7,12-13,21-22H,1,4-5,8-11,14-19H2. The quantitative estimate of drug-likeness (QED) is 0.391. The first-order valence-electron chi connectivity index (χ1n) is 11.8. The number of aromatic nitrogens is 3. The van der Waals surface area contributed by atoms with Gasteiger partial charge in [0.05, 0.1) is 5.75 Å². The van der Waals surface area contributed by atoms with E-state index in [0.29, 0.717) is 24.4 Å². The third kappa shape index (κ3) is 5.40. The molecule has 0 saturated heterocycles. The number of benzene rings is 1. The summed E-state index contributed by atoms with van der Waals surface area (Å²) >= 11 is 1.52.